The van der Waals surface area contributed by atoms with E-state index in [4.69, 9.17) is 0 Å². The highest BCUT2D eigenvalue weighted by molar-refractivity contribution is 5.80. The van der Waals surface area contributed by atoms with Crippen LogP contribution in [-0.2, 0) is 6.54 Å². The van der Waals surface area contributed by atoms with Crippen molar-refractivity contribution in [2.75, 3.05) is 14.1 Å². The van der Waals surface area contributed by atoms with Gasteiger partial charge >= 0.3 is 0 Å². The van der Waals surface area contributed by atoms with Crippen LogP contribution in [-0.4, -0.2) is 29.6 Å². The molecule has 0 spiro atoms. The highest BCUT2D eigenvalue weighted by Gasteiger charge is 2.10. The number of likely N-dealkylation sites (N-methyl/N-ethyl adjacent to an activating group) is 1. The second-order valence-electron chi connectivity index (χ2n) is 4.61. The van der Waals surface area contributed by atoms with E-state index in [1.807, 2.05) is 24.9 Å². The van der Waals surface area contributed by atoms with Crippen molar-refractivity contribution in [3.8, 4) is 0 Å². The number of rotatable bonds is 3. The first kappa shape index (κ1) is 12.0. The Bertz CT molecular complexity index is 531. The maximum absolute atomic E-state index is 13.2. The normalized spacial score (nSPS) is 13.5. The van der Waals surface area contributed by atoms with E-state index in [0.717, 1.165) is 17.4 Å². The topological polar surface area (TPSA) is 8.17 Å². The van der Waals surface area contributed by atoms with Gasteiger partial charge in [0.1, 0.15) is 0 Å². The van der Waals surface area contributed by atoms with Crippen LogP contribution in [0.3, 0.4) is 0 Å². The van der Waals surface area contributed by atoms with Crippen LogP contribution in [0, 0.1) is 11.6 Å². The van der Waals surface area contributed by atoms with Crippen LogP contribution in [0.2, 0.25) is 0 Å². The predicted octanol–water partition coefficient (Wildman–Crippen LogP) is 2.87. The Morgan fingerprint density at radius 1 is 1.24 bits per heavy atom. The Hall–Kier alpha value is -1.42. The predicted molar refractivity (Wildman–Crippen MR) is 65.0 cm³/mol. The highest BCUT2D eigenvalue weighted by Crippen LogP contribution is 2.20. The first-order valence-corrected chi connectivity index (χ1v) is 5.59. The van der Waals surface area contributed by atoms with Crippen LogP contribution < -0.4 is 0 Å². The molecule has 0 unspecified atom stereocenters. The molecule has 92 valence electrons. The van der Waals surface area contributed by atoms with Crippen molar-refractivity contribution in [3.63, 3.8) is 0 Å². The van der Waals surface area contributed by atoms with Gasteiger partial charge in [0, 0.05) is 30.2 Å². The minimum Gasteiger partial charge on any atom is -0.346 e. The molecule has 0 fully saturated rings. The zero-order valence-corrected chi connectivity index (χ0v) is 10.2. The second-order valence-corrected chi connectivity index (χ2v) is 4.61. The quantitative estimate of drug-likeness (QED) is 0.798. The maximum atomic E-state index is 13.2. The molecule has 2 rings (SSSR count). The van der Waals surface area contributed by atoms with Crippen molar-refractivity contribution >= 4 is 10.9 Å². The third kappa shape index (κ3) is 2.31. The van der Waals surface area contributed by atoms with E-state index in [2.05, 4.69) is 11.8 Å². The Morgan fingerprint density at radius 2 is 1.88 bits per heavy atom. The summed E-state index contributed by atoms with van der Waals surface area (Å²) < 4.78 is 28.2. The van der Waals surface area contributed by atoms with E-state index in [1.54, 1.807) is 6.07 Å². The molecular weight excluding hydrogens is 222 g/mol. The zero-order chi connectivity index (χ0) is 12.6. The molecule has 0 aliphatic rings. The number of fused-ring (bicyclic) bond motifs is 1. The molecule has 1 aromatic carbocycles. The fourth-order valence-electron chi connectivity index (χ4n) is 1.79. The molecule has 2 nitrogen and oxygen atoms in total. The summed E-state index contributed by atoms with van der Waals surface area (Å²) in [5.74, 6) is -1.59. The maximum Gasteiger partial charge on any atom is 0.160 e. The molecule has 4 heteroatoms. The summed E-state index contributed by atoms with van der Waals surface area (Å²) >= 11 is 0. The van der Waals surface area contributed by atoms with Gasteiger partial charge in [-0.1, -0.05) is 0 Å². The Balaban J connectivity index is 2.39. The summed E-state index contributed by atoms with van der Waals surface area (Å²) in [6.45, 7) is 2.84. The van der Waals surface area contributed by atoms with Gasteiger partial charge in [-0.2, -0.15) is 0 Å². The second kappa shape index (κ2) is 4.45. The van der Waals surface area contributed by atoms with Crippen molar-refractivity contribution < 1.29 is 8.78 Å². The molecule has 0 N–H and O–H groups in total. The molecule has 0 amide bonds. The third-order valence-electron chi connectivity index (χ3n) is 3.16. The smallest absolute Gasteiger partial charge is 0.160 e. The van der Waals surface area contributed by atoms with E-state index >= 15 is 0 Å². The number of halogens is 2. The largest absolute Gasteiger partial charge is 0.346 e. The van der Waals surface area contributed by atoms with Crippen molar-refractivity contribution in [3.05, 3.63) is 36.0 Å². The first-order valence-electron chi connectivity index (χ1n) is 5.59. The lowest BCUT2D eigenvalue weighted by Gasteiger charge is -2.20. The molecule has 1 atom stereocenters. The van der Waals surface area contributed by atoms with Gasteiger partial charge in [0.05, 0.1) is 5.52 Å². The van der Waals surface area contributed by atoms with Gasteiger partial charge < -0.3 is 9.47 Å². The number of aromatic nitrogens is 1. The van der Waals surface area contributed by atoms with Gasteiger partial charge in [0.15, 0.2) is 11.6 Å². The minimum absolute atomic E-state index is 0.332. The Kier molecular flexibility index (Phi) is 3.15. The van der Waals surface area contributed by atoms with Crippen LogP contribution in [0.15, 0.2) is 24.4 Å². The van der Waals surface area contributed by atoms with Crippen LogP contribution in [0.5, 0.6) is 0 Å². The van der Waals surface area contributed by atoms with Gasteiger partial charge in [-0.05, 0) is 33.2 Å². The molecular formula is C13H16F2N2. The summed E-state index contributed by atoms with van der Waals surface area (Å²) in [6, 6.07) is 4.63. The van der Waals surface area contributed by atoms with Crippen LogP contribution in [0.4, 0.5) is 8.78 Å². The van der Waals surface area contributed by atoms with Crippen molar-refractivity contribution in [1.29, 1.82) is 0 Å². The summed E-state index contributed by atoms with van der Waals surface area (Å²) in [4.78, 5) is 2.09. The number of hydrogen-bond acceptors (Lipinski definition) is 1. The summed E-state index contributed by atoms with van der Waals surface area (Å²) in [5.41, 5.74) is 0.734. The van der Waals surface area contributed by atoms with Crippen LogP contribution in [0.1, 0.15) is 6.92 Å². The van der Waals surface area contributed by atoms with Gasteiger partial charge in [0.2, 0.25) is 0 Å². The molecule has 0 saturated heterocycles. The molecule has 0 radical (unpaired) electrons. The Labute approximate surface area is 99.4 Å². The first-order chi connectivity index (χ1) is 7.99. The molecule has 0 bridgehead atoms. The minimum atomic E-state index is -0.796. The average Bonchev–Trinajstić information content (AvgIpc) is 2.62. The van der Waals surface area contributed by atoms with Crippen molar-refractivity contribution in [2.45, 2.75) is 19.5 Å². The number of nitrogens with zero attached hydrogens (tertiary/aromatic N) is 2. The molecule has 1 aromatic heterocycles. The van der Waals surface area contributed by atoms with Crippen LogP contribution in [0.25, 0.3) is 10.9 Å². The summed E-state index contributed by atoms with van der Waals surface area (Å²) in [6.07, 6.45) is 1.86. The molecule has 17 heavy (non-hydrogen) atoms. The van der Waals surface area contributed by atoms with Gasteiger partial charge in [-0.3, -0.25) is 0 Å². The molecule has 0 aliphatic heterocycles. The van der Waals surface area contributed by atoms with E-state index in [9.17, 15) is 8.78 Å². The van der Waals surface area contributed by atoms with E-state index in [0.29, 0.717) is 6.04 Å². The van der Waals surface area contributed by atoms with E-state index in [-0.39, 0.29) is 0 Å². The SMILES string of the molecule is C[C@H](Cn1ccc2cc(F)c(F)cc21)N(C)C. The van der Waals surface area contributed by atoms with Crippen LogP contribution >= 0.6 is 0 Å². The van der Waals surface area contributed by atoms with Gasteiger partial charge in [-0.15, -0.1) is 0 Å². The average molecular weight is 238 g/mol. The summed E-state index contributed by atoms with van der Waals surface area (Å²) in [7, 11) is 3.99. The fraction of sp³-hybridized carbons (Fsp3) is 0.385. The molecule has 2 aromatic rings. The summed E-state index contributed by atoms with van der Waals surface area (Å²) in [5, 5.41) is 0.731. The zero-order valence-electron chi connectivity index (χ0n) is 10.2. The number of hydrogen-bond donors (Lipinski definition) is 0. The third-order valence-corrected chi connectivity index (χ3v) is 3.16. The lowest BCUT2D eigenvalue weighted by Crippen LogP contribution is -2.28. The van der Waals surface area contributed by atoms with E-state index < -0.39 is 11.6 Å². The molecule has 0 saturated carbocycles. The van der Waals surface area contributed by atoms with Gasteiger partial charge in [0.25, 0.3) is 0 Å². The monoisotopic (exact) mass is 238 g/mol. The van der Waals surface area contributed by atoms with Crippen molar-refractivity contribution in [2.24, 2.45) is 0 Å². The standard InChI is InChI=1S/C13H16F2N2/c1-9(16(2)3)8-17-5-4-10-6-11(14)12(15)7-13(10)17/h4-7,9H,8H2,1-3H3/t9-/m1/s1. The van der Waals surface area contributed by atoms with Crippen molar-refractivity contribution in [1.82, 2.24) is 9.47 Å². The molecule has 0 aliphatic carbocycles. The Morgan fingerprint density at radius 3 is 2.53 bits per heavy atom. The molecule has 1 heterocycles. The fourth-order valence-corrected chi connectivity index (χ4v) is 1.79. The lowest BCUT2D eigenvalue weighted by molar-refractivity contribution is 0.286. The van der Waals surface area contributed by atoms with E-state index in [1.165, 1.54) is 12.1 Å². The number of benzene rings is 1. The van der Waals surface area contributed by atoms with Gasteiger partial charge in [-0.25, -0.2) is 8.78 Å². The lowest BCUT2D eigenvalue weighted by atomic mass is 10.2. The highest BCUT2D eigenvalue weighted by atomic mass is 19.2.